The number of nitriles is 1. The number of nitrogens with zero attached hydrogens (tertiary/aromatic N) is 7. The molecule has 0 N–H and O–H groups in total. The Bertz CT molecular complexity index is 1100. The minimum Gasteiger partial charge on any atom is -0.336 e. The van der Waals surface area contributed by atoms with E-state index in [4.69, 9.17) is 16.6 Å². The molecule has 1 aliphatic rings. The summed E-state index contributed by atoms with van der Waals surface area (Å²) in [4.78, 5) is 11.1. The average molecular weight is 414 g/mol. The summed E-state index contributed by atoms with van der Waals surface area (Å²) in [5, 5.41) is 18.7. The molecule has 3 heterocycles. The molecule has 1 fully saturated rings. The number of rotatable bonds is 3. The summed E-state index contributed by atoms with van der Waals surface area (Å²) in [6.45, 7) is 6.51. The first-order valence-electron chi connectivity index (χ1n) is 9.43. The van der Waals surface area contributed by atoms with Gasteiger partial charge in [-0.05, 0) is 11.6 Å². The fourth-order valence-corrected chi connectivity index (χ4v) is 3.61. The van der Waals surface area contributed by atoms with E-state index < -0.39 is 12.2 Å². The summed E-state index contributed by atoms with van der Waals surface area (Å²) in [6.07, 6.45) is -0.929. The lowest BCUT2D eigenvalue weighted by Gasteiger charge is -2.23. The maximum Gasteiger partial charge on any atom is 0.184 e. The van der Waals surface area contributed by atoms with Crippen LogP contribution in [0.15, 0.2) is 24.3 Å². The molecule has 2 aromatic heterocycles. The number of alkyl halides is 1. The van der Waals surface area contributed by atoms with Crippen LogP contribution in [0.2, 0.25) is 5.02 Å². The van der Waals surface area contributed by atoms with Crippen LogP contribution in [-0.2, 0) is 12.0 Å². The molecule has 7 nitrogen and oxygen atoms in total. The standard InChI is InChI=1S/C20H21ClFN7/c1-20(2,3)19-24-17(28-11-13(22)8-14(28)9-23)16-18(25-19)29(27-26-16)10-12-6-4-5-7-15(12)21/h4-7,13-14H,8,10-11H2,1-3H3. The Morgan fingerprint density at radius 3 is 2.72 bits per heavy atom. The van der Waals surface area contributed by atoms with Gasteiger partial charge in [-0.15, -0.1) is 5.10 Å². The zero-order valence-electron chi connectivity index (χ0n) is 16.5. The minimum absolute atomic E-state index is 0.102. The predicted octanol–water partition coefficient (Wildman–Crippen LogP) is 3.66. The van der Waals surface area contributed by atoms with Gasteiger partial charge >= 0.3 is 0 Å². The zero-order valence-corrected chi connectivity index (χ0v) is 17.2. The molecule has 29 heavy (non-hydrogen) atoms. The smallest absolute Gasteiger partial charge is 0.184 e. The first-order chi connectivity index (χ1) is 13.8. The van der Waals surface area contributed by atoms with Gasteiger partial charge in [0.05, 0.1) is 19.2 Å². The Kier molecular flexibility index (Phi) is 4.87. The fourth-order valence-electron chi connectivity index (χ4n) is 3.41. The molecule has 0 bridgehead atoms. The number of anilines is 1. The molecule has 150 valence electrons. The van der Waals surface area contributed by atoms with Gasteiger partial charge in [-0.25, -0.2) is 19.0 Å². The van der Waals surface area contributed by atoms with Crippen LogP contribution in [0.3, 0.4) is 0 Å². The van der Waals surface area contributed by atoms with Crippen molar-refractivity contribution >= 4 is 28.6 Å². The van der Waals surface area contributed by atoms with Crippen LogP contribution in [0.5, 0.6) is 0 Å². The number of aromatic nitrogens is 5. The molecule has 3 aromatic rings. The Morgan fingerprint density at radius 1 is 1.28 bits per heavy atom. The molecule has 0 amide bonds. The highest BCUT2D eigenvalue weighted by Crippen LogP contribution is 2.32. The lowest BCUT2D eigenvalue weighted by Crippen LogP contribution is -2.30. The molecule has 2 atom stereocenters. The third kappa shape index (κ3) is 3.62. The van der Waals surface area contributed by atoms with Crippen molar-refractivity contribution in [2.75, 3.05) is 11.4 Å². The molecule has 0 spiro atoms. The molecule has 1 saturated heterocycles. The van der Waals surface area contributed by atoms with Gasteiger partial charge in [0.1, 0.15) is 18.0 Å². The van der Waals surface area contributed by atoms with E-state index in [0.29, 0.717) is 34.4 Å². The third-order valence-electron chi connectivity index (χ3n) is 4.96. The van der Waals surface area contributed by atoms with E-state index in [0.717, 1.165) is 5.56 Å². The zero-order chi connectivity index (χ0) is 20.8. The second-order valence-electron chi connectivity index (χ2n) is 8.26. The van der Waals surface area contributed by atoms with Crippen molar-refractivity contribution in [1.82, 2.24) is 25.0 Å². The summed E-state index contributed by atoms with van der Waals surface area (Å²) < 4.78 is 15.7. The second kappa shape index (κ2) is 7.23. The Hall–Kier alpha value is -2.79. The molecular weight excluding hydrogens is 393 g/mol. The van der Waals surface area contributed by atoms with Crippen LogP contribution in [0, 0.1) is 11.3 Å². The normalized spacial score (nSPS) is 19.7. The van der Waals surface area contributed by atoms with Crippen molar-refractivity contribution in [2.45, 2.75) is 51.4 Å². The van der Waals surface area contributed by atoms with Crippen LogP contribution < -0.4 is 4.90 Å². The van der Waals surface area contributed by atoms with Gasteiger partial charge < -0.3 is 4.90 Å². The van der Waals surface area contributed by atoms with Crippen LogP contribution in [-0.4, -0.2) is 43.7 Å². The van der Waals surface area contributed by atoms with Gasteiger partial charge in [0.15, 0.2) is 17.0 Å². The Balaban J connectivity index is 1.87. The van der Waals surface area contributed by atoms with E-state index in [1.165, 1.54) is 0 Å². The van der Waals surface area contributed by atoms with Gasteiger partial charge in [-0.1, -0.05) is 55.8 Å². The Morgan fingerprint density at radius 2 is 2.03 bits per heavy atom. The minimum atomic E-state index is -1.08. The lowest BCUT2D eigenvalue weighted by atomic mass is 9.95. The van der Waals surface area contributed by atoms with Crippen molar-refractivity contribution in [2.24, 2.45) is 0 Å². The first kappa shape index (κ1) is 19.5. The predicted molar refractivity (Wildman–Crippen MR) is 109 cm³/mol. The second-order valence-corrected chi connectivity index (χ2v) is 8.67. The number of hydrogen-bond acceptors (Lipinski definition) is 6. The molecule has 4 rings (SSSR count). The summed E-state index contributed by atoms with van der Waals surface area (Å²) in [5.41, 5.74) is 1.54. The number of hydrogen-bond donors (Lipinski definition) is 0. The van der Waals surface area contributed by atoms with Crippen LogP contribution in [0.4, 0.5) is 10.2 Å². The summed E-state index contributed by atoms with van der Waals surface area (Å²) in [5.74, 6) is 1.04. The van der Waals surface area contributed by atoms with Gasteiger partial charge in [-0.3, -0.25) is 0 Å². The van der Waals surface area contributed by atoms with Crippen molar-refractivity contribution in [3.8, 4) is 6.07 Å². The molecule has 0 radical (unpaired) electrons. The van der Waals surface area contributed by atoms with Crippen molar-refractivity contribution < 1.29 is 4.39 Å². The fraction of sp³-hybridized carbons (Fsp3) is 0.450. The van der Waals surface area contributed by atoms with Crippen LogP contribution >= 0.6 is 11.6 Å². The van der Waals surface area contributed by atoms with Crippen molar-refractivity contribution in [3.63, 3.8) is 0 Å². The SMILES string of the molecule is CC(C)(C)c1nc(N2CC(F)CC2C#N)c2nnn(Cc3ccccc3Cl)c2n1. The molecular formula is C20H21ClFN7. The van der Waals surface area contributed by atoms with E-state index in [-0.39, 0.29) is 18.4 Å². The lowest BCUT2D eigenvalue weighted by molar-refractivity contribution is 0.360. The quantitative estimate of drug-likeness (QED) is 0.651. The van der Waals surface area contributed by atoms with Crippen LogP contribution in [0.1, 0.15) is 38.6 Å². The molecule has 9 heteroatoms. The first-order valence-corrected chi connectivity index (χ1v) is 9.81. The van der Waals surface area contributed by atoms with Gasteiger partial charge in [0.2, 0.25) is 0 Å². The highest BCUT2D eigenvalue weighted by Gasteiger charge is 2.36. The number of halogens is 2. The average Bonchev–Trinajstić information content (AvgIpc) is 3.25. The number of benzene rings is 1. The highest BCUT2D eigenvalue weighted by atomic mass is 35.5. The van der Waals surface area contributed by atoms with E-state index >= 15 is 0 Å². The topological polar surface area (TPSA) is 83.5 Å². The third-order valence-corrected chi connectivity index (χ3v) is 5.33. The van der Waals surface area contributed by atoms with Crippen molar-refractivity contribution in [3.05, 3.63) is 40.7 Å². The van der Waals surface area contributed by atoms with Crippen LogP contribution in [0.25, 0.3) is 11.2 Å². The summed E-state index contributed by atoms with van der Waals surface area (Å²) in [6, 6.07) is 9.09. The highest BCUT2D eigenvalue weighted by molar-refractivity contribution is 6.31. The van der Waals surface area contributed by atoms with Gasteiger partial charge in [0.25, 0.3) is 0 Å². The van der Waals surface area contributed by atoms with E-state index in [9.17, 15) is 9.65 Å². The van der Waals surface area contributed by atoms with E-state index in [1.54, 1.807) is 9.58 Å². The molecule has 0 aliphatic carbocycles. The maximum absolute atomic E-state index is 14.1. The van der Waals surface area contributed by atoms with Gasteiger partial charge in [-0.2, -0.15) is 5.26 Å². The van der Waals surface area contributed by atoms with Gasteiger partial charge in [0, 0.05) is 16.9 Å². The molecule has 2 unspecified atom stereocenters. The molecule has 1 aromatic carbocycles. The summed E-state index contributed by atoms with van der Waals surface area (Å²) >= 11 is 6.30. The Labute approximate surface area is 173 Å². The molecule has 0 saturated carbocycles. The molecule has 1 aliphatic heterocycles. The monoisotopic (exact) mass is 413 g/mol. The summed E-state index contributed by atoms with van der Waals surface area (Å²) in [7, 11) is 0. The number of fused-ring (bicyclic) bond motifs is 1. The van der Waals surface area contributed by atoms with E-state index in [2.05, 4.69) is 21.4 Å². The van der Waals surface area contributed by atoms with Crippen molar-refractivity contribution in [1.29, 1.82) is 5.26 Å². The van der Waals surface area contributed by atoms with E-state index in [1.807, 2.05) is 45.0 Å². The largest absolute Gasteiger partial charge is 0.336 e. The maximum atomic E-state index is 14.1.